The Morgan fingerprint density at radius 3 is 2.71 bits per heavy atom. The Morgan fingerprint density at radius 2 is 2.29 bits per heavy atom. The Hall–Kier alpha value is -1.52. The van der Waals surface area contributed by atoms with Crippen LogP contribution in [0.1, 0.15) is 24.3 Å². The van der Waals surface area contributed by atoms with Crippen molar-refractivity contribution < 1.29 is 14.3 Å². The van der Waals surface area contributed by atoms with Crippen LogP contribution in [-0.4, -0.2) is 29.1 Å². The van der Waals surface area contributed by atoms with E-state index in [1.54, 1.807) is 0 Å². The van der Waals surface area contributed by atoms with Crippen molar-refractivity contribution in [3.63, 3.8) is 0 Å². The summed E-state index contributed by atoms with van der Waals surface area (Å²) in [4.78, 5) is 16.3. The minimum atomic E-state index is -1.06. The van der Waals surface area contributed by atoms with E-state index in [2.05, 4.69) is 18.8 Å². The van der Waals surface area contributed by atoms with Crippen LogP contribution in [0.3, 0.4) is 0 Å². The molecule has 76 valence electrons. The van der Waals surface area contributed by atoms with Gasteiger partial charge in [0.1, 0.15) is 6.26 Å². The van der Waals surface area contributed by atoms with Crippen molar-refractivity contribution in [3.05, 3.63) is 12.0 Å². The second kappa shape index (κ2) is 2.73. The number of hydrogen-bond acceptors (Lipinski definition) is 4. The summed E-state index contributed by atoms with van der Waals surface area (Å²) in [6, 6.07) is 0.404. The number of rotatable bonds is 2. The van der Waals surface area contributed by atoms with Gasteiger partial charge in [-0.1, -0.05) is 13.8 Å². The summed E-state index contributed by atoms with van der Waals surface area (Å²) in [5.74, 6) is -1.06. The van der Waals surface area contributed by atoms with Crippen molar-refractivity contribution in [2.24, 2.45) is 5.41 Å². The third-order valence-electron chi connectivity index (χ3n) is 2.22. The number of aromatic nitrogens is 1. The van der Waals surface area contributed by atoms with Gasteiger partial charge in [-0.3, -0.25) is 0 Å². The molecule has 0 radical (unpaired) electrons. The molecule has 1 N–H and O–H groups in total. The highest BCUT2D eigenvalue weighted by molar-refractivity contribution is 5.85. The molecule has 0 aromatic carbocycles. The Kier molecular flexibility index (Phi) is 1.77. The molecule has 0 aliphatic carbocycles. The lowest BCUT2D eigenvalue weighted by molar-refractivity contribution is 0.0690. The highest BCUT2D eigenvalue weighted by Crippen LogP contribution is 2.32. The predicted octanol–water partition coefficient (Wildman–Crippen LogP) is 1.22. The summed E-state index contributed by atoms with van der Waals surface area (Å²) < 4.78 is 5.06. The fraction of sp³-hybridized carbons (Fsp3) is 0.556. The van der Waals surface area contributed by atoms with Gasteiger partial charge >= 0.3 is 5.97 Å². The molecule has 5 heteroatoms. The summed E-state index contributed by atoms with van der Waals surface area (Å²) in [5.41, 5.74) is 0.238. The molecule has 0 spiro atoms. The number of nitrogens with zero attached hydrogens (tertiary/aromatic N) is 2. The maximum atomic E-state index is 10.5. The van der Waals surface area contributed by atoms with E-state index in [-0.39, 0.29) is 11.1 Å². The molecule has 2 heterocycles. The number of oxazole rings is 1. The van der Waals surface area contributed by atoms with Crippen molar-refractivity contribution in [1.82, 2.24) is 4.98 Å². The van der Waals surface area contributed by atoms with Crippen molar-refractivity contribution >= 4 is 12.0 Å². The van der Waals surface area contributed by atoms with E-state index in [0.29, 0.717) is 6.01 Å². The Morgan fingerprint density at radius 1 is 1.64 bits per heavy atom. The fourth-order valence-electron chi connectivity index (χ4n) is 1.63. The number of carboxylic acid groups (broad SMARTS) is 1. The van der Waals surface area contributed by atoms with E-state index < -0.39 is 5.97 Å². The predicted molar refractivity (Wildman–Crippen MR) is 49.5 cm³/mol. The third-order valence-corrected chi connectivity index (χ3v) is 2.22. The Labute approximate surface area is 81.3 Å². The first-order valence-corrected chi connectivity index (χ1v) is 4.42. The lowest BCUT2D eigenvalue weighted by Gasteiger charge is -2.44. The summed E-state index contributed by atoms with van der Waals surface area (Å²) in [6.07, 6.45) is 1.17. The van der Waals surface area contributed by atoms with Crippen LogP contribution in [0.5, 0.6) is 0 Å². The van der Waals surface area contributed by atoms with Crippen LogP contribution in [0.15, 0.2) is 10.7 Å². The van der Waals surface area contributed by atoms with Gasteiger partial charge in [0.15, 0.2) is 5.69 Å². The topological polar surface area (TPSA) is 66.6 Å². The van der Waals surface area contributed by atoms with Gasteiger partial charge in [0.2, 0.25) is 0 Å². The molecule has 1 saturated heterocycles. The summed E-state index contributed by atoms with van der Waals surface area (Å²) in [6.45, 7) is 5.99. The zero-order valence-corrected chi connectivity index (χ0v) is 8.15. The molecule has 1 aromatic heterocycles. The van der Waals surface area contributed by atoms with Gasteiger partial charge in [-0.15, -0.1) is 0 Å². The molecule has 0 amide bonds. The Bertz CT molecular complexity index is 362. The SMILES string of the molecule is CC1(C)CN(c2nc(C(=O)O)co2)C1. The first kappa shape index (κ1) is 9.05. The number of hydrogen-bond donors (Lipinski definition) is 1. The number of anilines is 1. The molecular formula is C9H12N2O3. The maximum Gasteiger partial charge on any atom is 0.357 e. The van der Waals surface area contributed by atoms with Gasteiger partial charge in [-0.2, -0.15) is 4.98 Å². The molecule has 2 rings (SSSR count). The molecule has 14 heavy (non-hydrogen) atoms. The number of carbonyl (C=O) groups is 1. The minimum absolute atomic E-state index is 0.0373. The molecule has 1 fully saturated rings. The van der Waals surface area contributed by atoms with Crippen LogP contribution in [0.25, 0.3) is 0 Å². The molecule has 1 aliphatic rings. The standard InChI is InChI=1S/C9H12N2O3/c1-9(2)4-11(5-9)8-10-6(3-14-8)7(12)13/h3H,4-5H2,1-2H3,(H,12,13). The summed E-state index contributed by atoms with van der Waals surface area (Å²) >= 11 is 0. The van der Waals surface area contributed by atoms with Crippen molar-refractivity contribution in [2.45, 2.75) is 13.8 Å². The largest absolute Gasteiger partial charge is 0.476 e. The highest BCUT2D eigenvalue weighted by atomic mass is 16.4. The van der Waals surface area contributed by atoms with Crippen LogP contribution >= 0.6 is 0 Å². The van der Waals surface area contributed by atoms with E-state index >= 15 is 0 Å². The van der Waals surface area contributed by atoms with Crippen LogP contribution in [0, 0.1) is 5.41 Å². The average molecular weight is 196 g/mol. The number of carboxylic acids is 1. The molecule has 0 atom stereocenters. The van der Waals surface area contributed by atoms with E-state index in [1.807, 2.05) is 4.90 Å². The van der Waals surface area contributed by atoms with Gasteiger partial charge < -0.3 is 14.4 Å². The highest BCUT2D eigenvalue weighted by Gasteiger charge is 2.36. The van der Waals surface area contributed by atoms with Gasteiger partial charge in [-0.05, 0) is 0 Å². The zero-order chi connectivity index (χ0) is 10.3. The first-order valence-electron chi connectivity index (χ1n) is 4.42. The van der Waals surface area contributed by atoms with E-state index in [4.69, 9.17) is 9.52 Å². The van der Waals surface area contributed by atoms with Crippen molar-refractivity contribution in [2.75, 3.05) is 18.0 Å². The maximum absolute atomic E-state index is 10.5. The zero-order valence-electron chi connectivity index (χ0n) is 8.15. The molecule has 1 aliphatic heterocycles. The summed E-state index contributed by atoms with van der Waals surface area (Å²) in [5, 5.41) is 8.63. The van der Waals surface area contributed by atoms with Crippen LogP contribution in [0.4, 0.5) is 6.01 Å². The van der Waals surface area contributed by atoms with E-state index in [0.717, 1.165) is 13.1 Å². The van der Waals surface area contributed by atoms with E-state index in [1.165, 1.54) is 6.26 Å². The van der Waals surface area contributed by atoms with Crippen LogP contribution in [0.2, 0.25) is 0 Å². The van der Waals surface area contributed by atoms with Gasteiger partial charge in [0, 0.05) is 18.5 Å². The summed E-state index contributed by atoms with van der Waals surface area (Å²) in [7, 11) is 0. The average Bonchev–Trinajstić information content (AvgIpc) is 2.47. The monoisotopic (exact) mass is 196 g/mol. The van der Waals surface area contributed by atoms with Gasteiger partial charge in [-0.25, -0.2) is 4.79 Å². The molecular weight excluding hydrogens is 184 g/mol. The van der Waals surface area contributed by atoms with Crippen LogP contribution < -0.4 is 4.90 Å². The third kappa shape index (κ3) is 1.45. The quantitative estimate of drug-likeness (QED) is 0.770. The van der Waals surface area contributed by atoms with Crippen LogP contribution in [-0.2, 0) is 0 Å². The minimum Gasteiger partial charge on any atom is -0.476 e. The molecule has 0 unspecified atom stereocenters. The van der Waals surface area contributed by atoms with Crippen molar-refractivity contribution in [1.29, 1.82) is 0 Å². The second-order valence-electron chi connectivity index (χ2n) is 4.34. The van der Waals surface area contributed by atoms with Gasteiger partial charge in [0.25, 0.3) is 6.01 Å². The molecule has 0 bridgehead atoms. The van der Waals surface area contributed by atoms with Crippen molar-refractivity contribution in [3.8, 4) is 0 Å². The number of aromatic carboxylic acids is 1. The lowest BCUT2D eigenvalue weighted by atomic mass is 9.85. The molecule has 5 nitrogen and oxygen atoms in total. The lowest BCUT2D eigenvalue weighted by Crippen LogP contribution is -2.53. The fourth-order valence-corrected chi connectivity index (χ4v) is 1.63. The molecule has 1 aromatic rings. The second-order valence-corrected chi connectivity index (χ2v) is 4.34. The first-order chi connectivity index (χ1) is 6.48. The normalized spacial score (nSPS) is 19.1. The Balaban J connectivity index is 2.08. The van der Waals surface area contributed by atoms with Gasteiger partial charge in [0.05, 0.1) is 0 Å². The smallest absolute Gasteiger partial charge is 0.357 e. The molecule has 0 saturated carbocycles. The van der Waals surface area contributed by atoms with E-state index in [9.17, 15) is 4.79 Å².